The molecule has 1 N–H and O–H groups in total. The highest BCUT2D eigenvalue weighted by Crippen LogP contribution is 2.23. The van der Waals surface area contributed by atoms with Crippen LogP contribution in [0, 0.1) is 6.92 Å². The summed E-state index contributed by atoms with van der Waals surface area (Å²) in [6.45, 7) is 1.91. The van der Waals surface area contributed by atoms with E-state index < -0.39 is 0 Å². The van der Waals surface area contributed by atoms with Crippen molar-refractivity contribution in [3.05, 3.63) is 51.3 Å². The Morgan fingerprint density at radius 2 is 2.06 bits per heavy atom. The van der Waals surface area contributed by atoms with E-state index >= 15 is 0 Å². The van der Waals surface area contributed by atoms with Crippen LogP contribution in [0.25, 0.3) is 0 Å². The maximum absolute atomic E-state index is 12.1. The lowest BCUT2D eigenvalue weighted by Crippen LogP contribution is -2.14. The summed E-state index contributed by atoms with van der Waals surface area (Å²) < 4.78 is 0.752. The van der Waals surface area contributed by atoms with Crippen LogP contribution in [0.4, 0.5) is 5.82 Å². The van der Waals surface area contributed by atoms with Crippen LogP contribution >= 0.6 is 27.5 Å². The highest BCUT2D eigenvalue weighted by molar-refractivity contribution is 9.10. The summed E-state index contributed by atoms with van der Waals surface area (Å²) in [5, 5.41) is 2.78. The maximum atomic E-state index is 12.1. The Hall–Kier alpha value is -1.46. The normalized spacial score (nSPS) is 10.2. The summed E-state index contributed by atoms with van der Waals surface area (Å²) in [7, 11) is 0. The van der Waals surface area contributed by atoms with Crippen molar-refractivity contribution in [2.45, 2.75) is 6.92 Å². The molecule has 0 aliphatic heterocycles. The van der Waals surface area contributed by atoms with Gasteiger partial charge in [0.25, 0.3) is 5.91 Å². The van der Waals surface area contributed by atoms with E-state index in [1.807, 2.05) is 19.1 Å². The van der Waals surface area contributed by atoms with Gasteiger partial charge in [-0.3, -0.25) is 4.79 Å². The van der Waals surface area contributed by atoms with Crippen molar-refractivity contribution < 1.29 is 4.79 Å². The Morgan fingerprint density at radius 1 is 1.33 bits per heavy atom. The zero-order chi connectivity index (χ0) is 13.1. The molecule has 6 heteroatoms. The van der Waals surface area contributed by atoms with Gasteiger partial charge in [-0.05, 0) is 34.5 Å². The van der Waals surface area contributed by atoms with Crippen LogP contribution in [-0.2, 0) is 0 Å². The fourth-order valence-corrected chi connectivity index (χ4v) is 2.00. The minimum absolute atomic E-state index is 0.162. The lowest BCUT2D eigenvalue weighted by atomic mass is 10.1. The number of amides is 1. The molecule has 1 aromatic heterocycles. The number of nitrogens with zero attached hydrogens (tertiary/aromatic N) is 2. The van der Waals surface area contributed by atoms with Crippen molar-refractivity contribution in [3.63, 3.8) is 0 Å². The summed E-state index contributed by atoms with van der Waals surface area (Å²) in [5.41, 5.74) is 1.50. The van der Waals surface area contributed by atoms with Gasteiger partial charge in [-0.25, -0.2) is 9.97 Å². The number of hydrogen-bond acceptors (Lipinski definition) is 3. The number of carbonyl (C=O) groups excluding carboxylic acids is 1. The number of benzene rings is 1. The third-order valence-corrected chi connectivity index (χ3v) is 3.65. The van der Waals surface area contributed by atoms with Gasteiger partial charge in [0.2, 0.25) is 0 Å². The average molecular weight is 327 g/mol. The molecule has 0 aliphatic carbocycles. The zero-order valence-electron chi connectivity index (χ0n) is 9.45. The second kappa shape index (κ2) is 5.46. The molecule has 0 saturated carbocycles. The first-order chi connectivity index (χ1) is 8.59. The molecule has 2 aromatic rings. The van der Waals surface area contributed by atoms with Crippen LogP contribution < -0.4 is 5.32 Å². The number of hydrogen-bond donors (Lipinski definition) is 1. The molecule has 2 rings (SSSR count). The molecule has 0 atom stereocenters. The van der Waals surface area contributed by atoms with Gasteiger partial charge in [-0.2, -0.15) is 0 Å². The molecule has 0 aliphatic rings. The molecule has 1 heterocycles. The Bertz CT molecular complexity index is 604. The molecule has 0 spiro atoms. The van der Waals surface area contributed by atoms with E-state index in [1.165, 1.54) is 12.4 Å². The van der Waals surface area contributed by atoms with E-state index in [-0.39, 0.29) is 16.9 Å². The number of aryl methyl sites for hydroxylation is 1. The van der Waals surface area contributed by atoms with Crippen LogP contribution in [0.1, 0.15) is 15.9 Å². The molecule has 0 unspecified atom stereocenters. The minimum Gasteiger partial charge on any atom is -0.304 e. The highest BCUT2D eigenvalue weighted by Gasteiger charge is 2.13. The van der Waals surface area contributed by atoms with E-state index in [1.54, 1.807) is 6.07 Å². The number of rotatable bonds is 2. The molecule has 1 aromatic carbocycles. The summed E-state index contributed by atoms with van der Waals surface area (Å²) in [5.74, 6) is -0.0365. The van der Waals surface area contributed by atoms with E-state index in [2.05, 4.69) is 31.2 Å². The summed E-state index contributed by atoms with van der Waals surface area (Å²) in [6, 6.07) is 5.44. The van der Waals surface area contributed by atoms with Crippen molar-refractivity contribution in [3.8, 4) is 0 Å². The number of halogens is 2. The smallest absolute Gasteiger partial charge is 0.258 e. The second-order valence-corrected chi connectivity index (χ2v) is 4.74. The van der Waals surface area contributed by atoms with E-state index in [0.717, 1.165) is 10.0 Å². The van der Waals surface area contributed by atoms with E-state index in [4.69, 9.17) is 11.6 Å². The van der Waals surface area contributed by atoms with Gasteiger partial charge in [0.1, 0.15) is 0 Å². The van der Waals surface area contributed by atoms with Crippen molar-refractivity contribution in [1.29, 1.82) is 0 Å². The standard InChI is InChI=1S/C12H9BrClN3O/c1-7-3-2-4-8(9(7)13)12(18)17-11-10(14)15-5-6-16-11/h2-6H,1H3,(H,16,17,18). The molecule has 0 saturated heterocycles. The predicted molar refractivity (Wildman–Crippen MR) is 73.9 cm³/mol. The molecular weight excluding hydrogens is 318 g/mol. The molecule has 0 radical (unpaired) electrons. The molecular formula is C12H9BrClN3O. The Kier molecular flexibility index (Phi) is 3.93. The lowest BCUT2D eigenvalue weighted by Gasteiger charge is -2.08. The topological polar surface area (TPSA) is 54.9 Å². The summed E-state index contributed by atoms with van der Waals surface area (Å²) in [4.78, 5) is 19.9. The molecule has 0 bridgehead atoms. The van der Waals surface area contributed by atoms with Gasteiger partial charge in [0, 0.05) is 16.9 Å². The summed E-state index contributed by atoms with van der Waals surface area (Å²) in [6.07, 6.45) is 2.92. The number of aromatic nitrogens is 2. The van der Waals surface area contributed by atoms with Gasteiger partial charge in [-0.15, -0.1) is 0 Å². The Balaban J connectivity index is 2.28. The first-order valence-electron chi connectivity index (χ1n) is 5.12. The second-order valence-electron chi connectivity index (χ2n) is 3.59. The quantitative estimate of drug-likeness (QED) is 0.919. The van der Waals surface area contributed by atoms with Crippen molar-refractivity contribution >= 4 is 39.3 Å². The van der Waals surface area contributed by atoms with Crippen molar-refractivity contribution in [2.75, 3.05) is 5.32 Å². The maximum Gasteiger partial charge on any atom is 0.258 e. The number of anilines is 1. The SMILES string of the molecule is Cc1cccc(C(=O)Nc2nccnc2Cl)c1Br. The van der Waals surface area contributed by atoms with Crippen molar-refractivity contribution in [2.24, 2.45) is 0 Å². The number of nitrogens with one attached hydrogen (secondary N) is 1. The van der Waals surface area contributed by atoms with Gasteiger partial charge in [0.15, 0.2) is 11.0 Å². The third-order valence-electron chi connectivity index (χ3n) is 2.32. The highest BCUT2D eigenvalue weighted by atomic mass is 79.9. The zero-order valence-corrected chi connectivity index (χ0v) is 11.8. The molecule has 4 nitrogen and oxygen atoms in total. The first kappa shape index (κ1) is 13.0. The van der Waals surface area contributed by atoms with Crippen LogP contribution in [-0.4, -0.2) is 15.9 Å². The average Bonchev–Trinajstić information content (AvgIpc) is 2.35. The van der Waals surface area contributed by atoms with Gasteiger partial charge in [0.05, 0.1) is 5.56 Å². The Labute approximate surface area is 118 Å². The van der Waals surface area contributed by atoms with Gasteiger partial charge >= 0.3 is 0 Å². The lowest BCUT2D eigenvalue weighted by molar-refractivity contribution is 0.102. The molecule has 92 valence electrons. The predicted octanol–water partition coefficient (Wildman–Crippen LogP) is 3.45. The molecule has 1 amide bonds. The molecule has 18 heavy (non-hydrogen) atoms. The minimum atomic E-state index is -0.284. The third kappa shape index (κ3) is 2.68. The van der Waals surface area contributed by atoms with Crippen LogP contribution in [0.15, 0.2) is 35.1 Å². The Morgan fingerprint density at radius 3 is 2.78 bits per heavy atom. The molecule has 0 fully saturated rings. The van der Waals surface area contributed by atoms with Gasteiger partial charge in [-0.1, -0.05) is 23.7 Å². The van der Waals surface area contributed by atoms with Crippen LogP contribution in [0.3, 0.4) is 0 Å². The van der Waals surface area contributed by atoms with E-state index in [9.17, 15) is 4.79 Å². The van der Waals surface area contributed by atoms with Gasteiger partial charge < -0.3 is 5.32 Å². The number of carbonyl (C=O) groups is 1. The fourth-order valence-electron chi connectivity index (χ4n) is 1.40. The van der Waals surface area contributed by atoms with Crippen LogP contribution in [0.2, 0.25) is 5.15 Å². The van der Waals surface area contributed by atoms with E-state index in [0.29, 0.717) is 5.56 Å². The van der Waals surface area contributed by atoms with Crippen molar-refractivity contribution in [1.82, 2.24) is 9.97 Å². The largest absolute Gasteiger partial charge is 0.304 e. The summed E-state index contributed by atoms with van der Waals surface area (Å²) >= 11 is 9.21. The fraction of sp³-hybridized carbons (Fsp3) is 0.0833. The first-order valence-corrected chi connectivity index (χ1v) is 6.29. The van der Waals surface area contributed by atoms with Crippen LogP contribution in [0.5, 0.6) is 0 Å². The monoisotopic (exact) mass is 325 g/mol.